The van der Waals surface area contributed by atoms with Gasteiger partial charge in [0, 0.05) is 22.9 Å². The predicted molar refractivity (Wildman–Crippen MR) is 104 cm³/mol. The minimum Gasteiger partial charge on any atom is -0.496 e. The highest BCUT2D eigenvalue weighted by molar-refractivity contribution is 7.04. The van der Waals surface area contributed by atoms with Crippen LogP contribution in [0.1, 0.15) is 66.8 Å². The minimum absolute atomic E-state index is 0.0719. The number of carbonyl (C=O) groups excluding carboxylic acids is 2. The normalized spacial score (nSPS) is 12.3. The van der Waals surface area contributed by atoms with Crippen molar-refractivity contribution in [2.24, 2.45) is 4.99 Å². The van der Waals surface area contributed by atoms with Crippen LogP contribution in [-0.2, 0) is 12.0 Å². The summed E-state index contributed by atoms with van der Waals surface area (Å²) in [4.78, 5) is 28.2. The molecule has 0 N–H and O–H groups in total. The number of ether oxygens (including phenoxy) is 1. The molecule has 0 aliphatic carbocycles. The van der Waals surface area contributed by atoms with Gasteiger partial charge in [-0.15, -0.1) is 0 Å². The molecule has 6 heteroatoms. The van der Waals surface area contributed by atoms with Gasteiger partial charge in [0.05, 0.1) is 12.7 Å². The van der Waals surface area contributed by atoms with Crippen LogP contribution in [0.15, 0.2) is 29.4 Å². The van der Waals surface area contributed by atoms with Gasteiger partial charge in [-0.25, -0.2) is 0 Å². The van der Waals surface area contributed by atoms with Crippen molar-refractivity contribution in [3.63, 3.8) is 0 Å². The topological polar surface area (TPSA) is 60.7 Å². The van der Waals surface area contributed by atoms with Crippen molar-refractivity contribution in [3.05, 3.63) is 45.8 Å². The standard InChI is InChI=1S/C20H26N2O3S/c1-6-7-8-15-12-22(20(2,3)4)26-19(15)21-18(24)16-11-14(13-23)9-10-17(16)25-5/h9-13H,6-8H2,1-5H3/b21-19-. The van der Waals surface area contributed by atoms with Gasteiger partial charge in [0.2, 0.25) is 0 Å². The van der Waals surface area contributed by atoms with Crippen LogP contribution in [0.5, 0.6) is 5.75 Å². The van der Waals surface area contributed by atoms with Crippen molar-refractivity contribution in [1.29, 1.82) is 0 Å². The maximum absolute atomic E-state index is 12.8. The number of aldehydes is 1. The fourth-order valence-corrected chi connectivity index (χ4v) is 3.49. The third-order valence-corrected chi connectivity index (χ3v) is 5.36. The zero-order valence-corrected chi connectivity index (χ0v) is 16.9. The van der Waals surface area contributed by atoms with Gasteiger partial charge in [0.1, 0.15) is 16.7 Å². The highest BCUT2D eigenvalue weighted by Crippen LogP contribution is 2.21. The van der Waals surface area contributed by atoms with E-state index in [-0.39, 0.29) is 5.54 Å². The summed E-state index contributed by atoms with van der Waals surface area (Å²) in [5, 5.41) is 0. The molecule has 0 radical (unpaired) electrons. The monoisotopic (exact) mass is 374 g/mol. The van der Waals surface area contributed by atoms with Crippen LogP contribution in [-0.4, -0.2) is 23.3 Å². The van der Waals surface area contributed by atoms with E-state index < -0.39 is 5.91 Å². The molecule has 0 aliphatic heterocycles. The van der Waals surface area contributed by atoms with E-state index in [9.17, 15) is 9.59 Å². The second-order valence-electron chi connectivity index (χ2n) is 7.15. The number of rotatable bonds is 6. The van der Waals surface area contributed by atoms with E-state index in [2.05, 4.69) is 42.8 Å². The Balaban J connectivity index is 2.52. The van der Waals surface area contributed by atoms with Crippen LogP contribution in [0, 0.1) is 0 Å². The fourth-order valence-electron chi connectivity index (χ4n) is 2.45. The number of nitrogens with zero attached hydrogens (tertiary/aromatic N) is 2. The van der Waals surface area contributed by atoms with Crippen LogP contribution in [0.3, 0.4) is 0 Å². The van der Waals surface area contributed by atoms with Crippen molar-refractivity contribution in [2.45, 2.75) is 52.5 Å². The average molecular weight is 375 g/mol. The number of hydrogen-bond donors (Lipinski definition) is 0. The van der Waals surface area contributed by atoms with Gasteiger partial charge in [0.15, 0.2) is 0 Å². The Kier molecular flexibility index (Phi) is 6.53. The molecule has 140 valence electrons. The summed E-state index contributed by atoms with van der Waals surface area (Å²) < 4.78 is 8.11. The Morgan fingerprint density at radius 1 is 1.35 bits per heavy atom. The van der Waals surface area contributed by atoms with Crippen molar-refractivity contribution < 1.29 is 14.3 Å². The van der Waals surface area contributed by atoms with Crippen molar-refractivity contribution in [1.82, 2.24) is 3.96 Å². The number of aryl methyl sites for hydroxylation is 1. The van der Waals surface area contributed by atoms with Crippen LogP contribution in [0.25, 0.3) is 0 Å². The van der Waals surface area contributed by atoms with Crippen molar-refractivity contribution in [2.75, 3.05) is 7.11 Å². The second kappa shape index (κ2) is 8.45. The Bertz CT molecular complexity index is 857. The zero-order chi connectivity index (χ0) is 19.3. The number of aromatic nitrogens is 1. The Morgan fingerprint density at radius 2 is 2.08 bits per heavy atom. The molecule has 2 rings (SSSR count). The summed E-state index contributed by atoms with van der Waals surface area (Å²) in [7, 11) is 1.50. The Hall–Kier alpha value is -2.21. The highest BCUT2D eigenvalue weighted by Gasteiger charge is 2.17. The second-order valence-corrected chi connectivity index (χ2v) is 8.11. The summed E-state index contributed by atoms with van der Waals surface area (Å²) in [6.07, 6.45) is 5.80. The molecule has 0 bridgehead atoms. The molecule has 5 nitrogen and oxygen atoms in total. The third-order valence-electron chi connectivity index (χ3n) is 3.99. The lowest BCUT2D eigenvalue weighted by Gasteiger charge is -2.19. The first-order valence-corrected chi connectivity index (χ1v) is 9.52. The predicted octanol–water partition coefficient (Wildman–Crippen LogP) is 4.21. The van der Waals surface area contributed by atoms with E-state index in [4.69, 9.17) is 4.74 Å². The van der Waals surface area contributed by atoms with Crippen LogP contribution >= 0.6 is 11.5 Å². The fraction of sp³-hybridized carbons (Fsp3) is 0.450. The van der Waals surface area contributed by atoms with Gasteiger partial charge in [-0.1, -0.05) is 13.3 Å². The van der Waals surface area contributed by atoms with Gasteiger partial charge < -0.3 is 4.74 Å². The molecule has 26 heavy (non-hydrogen) atoms. The smallest absolute Gasteiger partial charge is 0.282 e. The van der Waals surface area contributed by atoms with Gasteiger partial charge in [-0.3, -0.25) is 13.5 Å². The summed E-state index contributed by atoms with van der Waals surface area (Å²) in [6, 6.07) is 4.76. The van der Waals surface area contributed by atoms with Crippen LogP contribution in [0.2, 0.25) is 0 Å². The molecular weight excluding hydrogens is 348 g/mol. The molecule has 1 aromatic carbocycles. The average Bonchev–Trinajstić information content (AvgIpc) is 3.02. The van der Waals surface area contributed by atoms with Crippen LogP contribution in [0.4, 0.5) is 0 Å². The maximum atomic E-state index is 12.8. The van der Waals surface area contributed by atoms with Crippen LogP contribution < -0.4 is 9.41 Å². The largest absolute Gasteiger partial charge is 0.496 e. The summed E-state index contributed by atoms with van der Waals surface area (Å²) >= 11 is 1.48. The Morgan fingerprint density at radius 3 is 2.65 bits per heavy atom. The molecule has 0 saturated heterocycles. The number of benzene rings is 1. The number of methoxy groups -OCH3 is 1. The molecule has 0 spiro atoms. The lowest BCUT2D eigenvalue weighted by atomic mass is 10.1. The lowest BCUT2D eigenvalue weighted by Crippen LogP contribution is -2.18. The summed E-state index contributed by atoms with van der Waals surface area (Å²) in [6.45, 7) is 8.50. The number of hydrogen-bond acceptors (Lipinski definition) is 4. The molecule has 0 aliphatic rings. The summed E-state index contributed by atoms with van der Waals surface area (Å²) in [5.41, 5.74) is 1.73. The SMILES string of the molecule is CCCCc1cn(C(C)(C)C)s/c1=N\C(=O)c1cc(C=O)ccc1OC. The first-order valence-electron chi connectivity index (χ1n) is 8.74. The van der Waals surface area contributed by atoms with Gasteiger partial charge in [-0.2, -0.15) is 4.99 Å². The molecule has 2 aromatic rings. The molecular formula is C20H26N2O3S. The third kappa shape index (κ3) is 4.69. The van der Waals surface area contributed by atoms with E-state index in [1.54, 1.807) is 12.1 Å². The van der Waals surface area contributed by atoms with E-state index >= 15 is 0 Å². The van der Waals surface area contributed by atoms with E-state index in [1.165, 1.54) is 24.7 Å². The number of amides is 1. The maximum Gasteiger partial charge on any atom is 0.282 e. The number of carbonyl (C=O) groups is 2. The van der Waals surface area contributed by atoms with Gasteiger partial charge in [-0.05, 0) is 63.3 Å². The molecule has 0 saturated carbocycles. The molecule has 1 amide bonds. The summed E-state index contributed by atoms with van der Waals surface area (Å²) in [5.74, 6) is 0.0194. The lowest BCUT2D eigenvalue weighted by molar-refractivity contribution is 0.0996. The zero-order valence-electron chi connectivity index (χ0n) is 16.0. The number of unbranched alkanes of at least 4 members (excludes halogenated alkanes) is 1. The van der Waals surface area contributed by atoms with E-state index in [0.29, 0.717) is 23.2 Å². The van der Waals surface area contributed by atoms with Gasteiger partial charge in [0.25, 0.3) is 5.91 Å². The highest BCUT2D eigenvalue weighted by atomic mass is 32.1. The van der Waals surface area contributed by atoms with Crippen molar-refractivity contribution >= 4 is 23.7 Å². The first kappa shape index (κ1) is 20.1. The molecule has 0 atom stereocenters. The first-order chi connectivity index (χ1) is 12.3. The van der Waals surface area contributed by atoms with Crippen molar-refractivity contribution in [3.8, 4) is 5.75 Å². The van der Waals surface area contributed by atoms with E-state index in [1.807, 2.05) is 0 Å². The molecule has 0 fully saturated rings. The Labute approximate surface area is 158 Å². The molecule has 0 unspecified atom stereocenters. The minimum atomic E-state index is -0.397. The van der Waals surface area contributed by atoms with Gasteiger partial charge >= 0.3 is 0 Å². The molecule has 1 heterocycles. The molecule has 1 aromatic heterocycles. The quantitative estimate of drug-likeness (QED) is 0.712. The van der Waals surface area contributed by atoms with E-state index in [0.717, 1.165) is 29.5 Å².